The van der Waals surface area contributed by atoms with Crippen LogP contribution >= 0.6 is 23.1 Å². The summed E-state index contributed by atoms with van der Waals surface area (Å²) in [5, 5.41) is 13.7. The van der Waals surface area contributed by atoms with Crippen LogP contribution in [0.3, 0.4) is 0 Å². The van der Waals surface area contributed by atoms with Crippen LogP contribution in [0.25, 0.3) is 10.2 Å². The predicted molar refractivity (Wildman–Crippen MR) is 112 cm³/mol. The van der Waals surface area contributed by atoms with Crippen LogP contribution in [0, 0.1) is 17.2 Å². The lowest BCUT2D eigenvalue weighted by molar-refractivity contribution is -0.119. The Morgan fingerprint density at radius 3 is 2.93 bits per heavy atom. The summed E-state index contributed by atoms with van der Waals surface area (Å²) >= 11 is 2.91. The van der Waals surface area contributed by atoms with Crippen molar-refractivity contribution in [2.45, 2.75) is 69.6 Å². The van der Waals surface area contributed by atoms with Crippen LogP contribution in [-0.2, 0) is 24.2 Å². The number of amides is 1. The Bertz CT molecular complexity index is 1030. The molecule has 148 valence electrons. The van der Waals surface area contributed by atoms with Crippen LogP contribution in [-0.4, -0.2) is 26.8 Å². The zero-order chi connectivity index (χ0) is 19.9. The number of nitriles is 1. The topological polar surface area (TPSA) is 87.8 Å². The molecule has 0 bridgehead atoms. The Kier molecular flexibility index (Phi) is 5.23. The molecule has 8 heteroatoms. The number of rotatable bonds is 7. The smallest absolute Gasteiger partial charge is 0.263 e. The number of fused-ring (bicyclic) bond motifs is 3. The second kappa shape index (κ2) is 7.53. The highest BCUT2D eigenvalue weighted by atomic mass is 32.2. The molecule has 4 rings (SSSR count). The molecule has 1 atom stereocenters. The molecule has 0 radical (unpaired) electrons. The van der Waals surface area contributed by atoms with Gasteiger partial charge in [-0.1, -0.05) is 18.7 Å². The lowest BCUT2D eigenvalue weighted by Crippen LogP contribution is -2.47. The molecule has 2 heterocycles. The van der Waals surface area contributed by atoms with Crippen molar-refractivity contribution in [3.8, 4) is 6.07 Å². The first-order valence-corrected chi connectivity index (χ1v) is 11.7. The molecule has 0 unspecified atom stereocenters. The number of aromatic nitrogens is 2. The largest absolute Gasteiger partial charge is 0.337 e. The summed E-state index contributed by atoms with van der Waals surface area (Å²) in [7, 11) is 0. The summed E-state index contributed by atoms with van der Waals surface area (Å²) in [5.74, 6) is 0.205. The quantitative estimate of drug-likeness (QED) is 0.553. The highest BCUT2D eigenvalue weighted by Gasteiger charge is 2.43. The molecule has 1 N–H and O–H groups in total. The first-order valence-electron chi connectivity index (χ1n) is 9.87. The molecule has 0 spiro atoms. The van der Waals surface area contributed by atoms with Crippen LogP contribution in [0.5, 0.6) is 0 Å². The van der Waals surface area contributed by atoms with Crippen molar-refractivity contribution < 1.29 is 4.79 Å². The number of aryl methyl sites for hydroxylation is 2. The van der Waals surface area contributed by atoms with Crippen LogP contribution in [0.2, 0.25) is 0 Å². The minimum Gasteiger partial charge on any atom is -0.337 e. The van der Waals surface area contributed by atoms with Crippen molar-refractivity contribution in [3.63, 3.8) is 0 Å². The van der Waals surface area contributed by atoms with Crippen molar-refractivity contribution >= 4 is 39.2 Å². The molecule has 1 saturated carbocycles. The Balaban J connectivity index is 1.58. The van der Waals surface area contributed by atoms with Gasteiger partial charge in [0.25, 0.3) is 5.56 Å². The molecule has 2 aliphatic rings. The Labute approximate surface area is 172 Å². The molecule has 0 aromatic carbocycles. The van der Waals surface area contributed by atoms with Crippen LogP contribution < -0.4 is 10.9 Å². The van der Waals surface area contributed by atoms with E-state index in [1.165, 1.54) is 22.2 Å². The maximum Gasteiger partial charge on any atom is 0.263 e. The molecule has 0 aliphatic heterocycles. The molecule has 1 fully saturated rings. The first-order chi connectivity index (χ1) is 13.5. The maximum absolute atomic E-state index is 13.2. The van der Waals surface area contributed by atoms with Gasteiger partial charge in [0, 0.05) is 11.4 Å². The minimum atomic E-state index is -0.799. The van der Waals surface area contributed by atoms with Gasteiger partial charge in [-0.05, 0) is 56.9 Å². The zero-order valence-corrected chi connectivity index (χ0v) is 17.8. The Morgan fingerprint density at radius 1 is 1.46 bits per heavy atom. The van der Waals surface area contributed by atoms with Crippen LogP contribution in [0.1, 0.15) is 50.0 Å². The van der Waals surface area contributed by atoms with E-state index in [2.05, 4.69) is 11.4 Å². The first kappa shape index (κ1) is 19.5. The molecular formula is C20H24N4O2S2. The van der Waals surface area contributed by atoms with Gasteiger partial charge < -0.3 is 5.32 Å². The van der Waals surface area contributed by atoms with Crippen LogP contribution in [0.4, 0.5) is 0 Å². The summed E-state index contributed by atoms with van der Waals surface area (Å²) in [6.07, 6.45) is 5.89. The number of thiophene rings is 1. The van der Waals surface area contributed by atoms with E-state index in [4.69, 9.17) is 4.98 Å². The van der Waals surface area contributed by atoms with Crippen molar-refractivity contribution in [2.75, 3.05) is 5.75 Å². The van der Waals surface area contributed by atoms with Crippen molar-refractivity contribution in [3.05, 3.63) is 20.8 Å². The molecule has 28 heavy (non-hydrogen) atoms. The molecular weight excluding hydrogens is 392 g/mol. The van der Waals surface area contributed by atoms with Gasteiger partial charge in [0.05, 0.1) is 17.2 Å². The molecule has 2 aliphatic carbocycles. The maximum atomic E-state index is 13.2. The fraction of sp³-hybridized carbons (Fsp3) is 0.600. The molecule has 0 saturated heterocycles. The predicted octanol–water partition coefficient (Wildman–Crippen LogP) is 3.26. The monoisotopic (exact) mass is 416 g/mol. The average molecular weight is 417 g/mol. The standard InChI is InChI=1S/C20H24N4O2S2/c1-3-9-24-18(26)16-13-5-4-6-14(13)28-17(16)22-19(24)27-10-15(25)23-20(2,11-21)12-7-8-12/h12H,3-10H2,1-2H3,(H,23,25)/t20-/m1/s1. The van der Waals surface area contributed by atoms with E-state index in [1.807, 2.05) is 6.92 Å². The molecule has 2 aromatic heterocycles. The van der Waals surface area contributed by atoms with E-state index in [9.17, 15) is 14.9 Å². The number of carbonyl (C=O) groups excluding carboxylic acids is 1. The highest BCUT2D eigenvalue weighted by Crippen LogP contribution is 2.39. The fourth-order valence-corrected chi connectivity index (χ4v) is 6.05. The van der Waals surface area contributed by atoms with Gasteiger partial charge in [0.1, 0.15) is 10.4 Å². The third-order valence-corrected chi connectivity index (χ3v) is 7.76. The minimum absolute atomic E-state index is 0.0222. The van der Waals surface area contributed by atoms with Crippen molar-refractivity contribution in [1.29, 1.82) is 5.26 Å². The Hall–Kier alpha value is -1.85. The summed E-state index contributed by atoms with van der Waals surface area (Å²) < 4.78 is 1.72. The van der Waals surface area contributed by atoms with Gasteiger partial charge in [0.15, 0.2) is 5.16 Å². The van der Waals surface area contributed by atoms with Gasteiger partial charge in [-0.15, -0.1) is 11.3 Å². The SMILES string of the molecule is CCCn1c(SCC(=O)N[C@](C)(C#N)C2CC2)nc2sc3c(c2c1=O)CCC3. The average Bonchev–Trinajstić information content (AvgIpc) is 3.34. The lowest BCUT2D eigenvalue weighted by Gasteiger charge is -2.22. The molecule has 2 aromatic rings. The number of nitrogens with zero attached hydrogens (tertiary/aromatic N) is 3. The highest BCUT2D eigenvalue weighted by molar-refractivity contribution is 7.99. The van der Waals surface area contributed by atoms with E-state index in [0.717, 1.165) is 48.7 Å². The van der Waals surface area contributed by atoms with Gasteiger partial charge in [-0.25, -0.2) is 4.98 Å². The molecule has 1 amide bonds. The van der Waals surface area contributed by atoms with Gasteiger partial charge in [-0.2, -0.15) is 5.26 Å². The van der Waals surface area contributed by atoms with Crippen LogP contribution in [0.15, 0.2) is 9.95 Å². The normalized spacial score (nSPS) is 17.9. The zero-order valence-electron chi connectivity index (χ0n) is 16.2. The summed E-state index contributed by atoms with van der Waals surface area (Å²) in [4.78, 5) is 32.4. The summed E-state index contributed by atoms with van der Waals surface area (Å²) in [6.45, 7) is 4.41. The number of nitrogens with one attached hydrogen (secondary N) is 1. The number of thioether (sulfide) groups is 1. The van der Waals surface area contributed by atoms with E-state index < -0.39 is 5.54 Å². The van der Waals surface area contributed by atoms with Crippen molar-refractivity contribution in [2.24, 2.45) is 5.92 Å². The summed E-state index contributed by atoms with van der Waals surface area (Å²) in [5.41, 5.74) is 0.409. The number of hydrogen-bond donors (Lipinski definition) is 1. The van der Waals surface area contributed by atoms with Gasteiger partial charge in [-0.3, -0.25) is 14.2 Å². The molecule has 6 nitrogen and oxygen atoms in total. The third-order valence-electron chi connectivity index (χ3n) is 5.59. The van der Waals surface area contributed by atoms with E-state index in [1.54, 1.807) is 22.8 Å². The van der Waals surface area contributed by atoms with Gasteiger partial charge >= 0.3 is 0 Å². The van der Waals surface area contributed by atoms with E-state index >= 15 is 0 Å². The lowest BCUT2D eigenvalue weighted by atomic mass is 9.98. The van der Waals surface area contributed by atoms with E-state index in [-0.39, 0.29) is 23.1 Å². The second-order valence-electron chi connectivity index (χ2n) is 7.81. The van der Waals surface area contributed by atoms with Gasteiger partial charge in [0.2, 0.25) is 5.91 Å². The van der Waals surface area contributed by atoms with E-state index in [0.29, 0.717) is 11.7 Å². The third kappa shape index (κ3) is 3.46. The Morgan fingerprint density at radius 2 is 2.25 bits per heavy atom. The number of hydrogen-bond acceptors (Lipinski definition) is 6. The number of carbonyl (C=O) groups is 1. The fourth-order valence-electron chi connectivity index (χ4n) is 3.93. The van der Waals surface area contributed by atoms with Crippen molar-refractivity contribution in [1.82, 2.24) is 14.9 Å². The second-order valence-corrected chi connectivity index (χ2v) is 9.84. The summed E-state index contributed by atoms with van der Waals surface area (Å²) in [6, 6.07) is 2.25.